The maximum absolute atomic E-state index is 12.0. The molecule has 1 fully saturated rings. The van der Waals surface area contributed by atoms with E-state index in [1.54, 1.807) is 12.1 Å². The first kappa shape index (κ1) is 18.5. The number of carbonyl (C=O) groups excluding carboxylic acids is 1. The van der Waals surface area contributed by atoms with Crippen molar-refractivity contribution in [2.45, 2.75) is 12.6 Å². The van der Waals surface area contributed by atoms with Crippen molar-refractivity contribution >= 4 is 18.4 Å². The molecule has 0 spiro atoms. The van der Waals surface area contributed by atoms with Crippen molar-refractivity contribution < 1.29 is 14.3 Å². The number of carbonyl (C=O) groups is 1. The maximum atomic E-state index is 12.0. The normalized spacial score (nSPS) is 17.8. The van der Waals surface area contributed by atoms with Gasteiger partial charge in [0, 0.05) is 19.6 Å². The summed E-state index contributed by atoms with van der Waals surface area (Å²) in [6.07, 6.45) is -0.0693. The zero-order valence-corrected chi connectivity index (χ0v) is 14.3. The molecule has 0 bridgehead atoms. The number of rotatable bonds is 5. The Bertz CT molecular complexity index is 621. The number of nitrogens with zero attached hydrogens (tertiary/aromatic N) is 1. The minimum absolute atomic E-state index is 0. The molecule has 0 aliphatic carbocycles. The van der Waals surface area contributed by atoms with Crippen molar-refractivity contribution in [2.24, 2.45) is 0 Å². The van der Waals surface area contributed by atoms with E-state index in [0.29, 0.717) is 18.8 Å². The first-order chi connectivity index (χ1) is 11.3. The van der Waals surface area contributed by atoms with Gasteiger partial charge in [-0.25, -0.2) is 4.79 Å². The lowest BCUT2D eigenvalue weighted by Crippen LogP contribution is -2.44. The van der Waals surface area contributed by atoms with Crippen LogP contribution in [0.5, 0.6) is 0 Å². The third-order valence-corrected chi connectivity index (χ3v) is 3.88. The van der Waals surface area contributed by atoms with Crippen LogP contribution in [-0.4, -0.2) is 43.3 Å². The maximum Gasteiger partial charge on any atom is 0.338 e. The second kappa shape index (κ2) is 9.42. The van der Waals surface area contributed by atoms with E-state index in [4.69, 9.17) is 9.47 Å². The van der Waals surface area contributed by atoms with Crippen LogP contribution in [-0.2, 0) is 16.0 Å². The summed E-state index contributed by atoms with van der Waals surface area (Å²) in [6.45, 7) is 3.53. The molecule has 2 aromatic carbocycles. The number of halogens is 1. The van der Waals surface area contributed by atoms with Gasteiger partial charge in [-0.3, -0.25) is 4.90 Å². The van der Waals surface area contributed by atoms with E-state index < -0.39 is 0 Å². The van der Waals surface area contributed by atoms with Gasteiger partial charge in [-0.15, -0.1) is 12.4 Å². The van der Waals surface area contributed by atoms with Gasteiger partial charge in [-0.05, 0) is 17.7 Å². The predicted molar refractivity (Wildman–Crippen MR) is 95.4 cm³/mol. The lowest BCUT2D eigenvalue weighted by atomic mass is 10.2. The first-order valence-electron chi connectivity index (χ1n) is 7.91. The van der Waals surface area contributed by atoms with E-state index in [9.17, 15) is 4.79 Å². The molecule has 2 aromatic rings. The molecule has 1 saturated heterocycles. The zero-order chi connectivity index (χ0) is 15.9. The van der Waals surface area contributed by atoms with Gasteiger partial charge < -0.3 is 9.47 Å². The van der Waals surface area contributed by atoms with Crippen molar-refractivity contribution in [3.05, 3.63) is 71.8 Å². The van der Waals surface area contributed by atoms with Crippen LogP contribution in [0.25, 0.3) is 0 Å². The van der Waals surface area contributed by atoms with Crippen LogP contribution in [0.3, 0.4) is 0 Å². The summed E-state index contributed by atoms with van der Waals surface area (Å²) in [5.74, 6) is -0.297. The molecule has 5 heteroatoms. The Kier molecular flexibility index (Phi) is 7.25. The number of hydrogen-bond acceptors (Lipinski definition) is 4. The minimum Gasteiger partial charge on any atom is -0.459 e. The van der Waals surface area contributed by atoms with Crippen LogP contribution >= 0.6 is 12.4 Å². The summed E-state index contributed by atoms with van der Waals surface area (Å²) >= 11 is 0. The third kappa shape index (κ3) is 5.34. The quantitative estimate of drug-likeness (QED) is 0.779. The summed E-state index contributed by atoms with van der Waals surface area (Å²) in [5, 5.41) is 0. The minimum atomic E-state index is -0.297. The lowest BCUT2D eigenvalue weighted by Gasteiger charge is -2.32. The van der Waals surface area contributed by atoms with E-state index in [1.165, 1.54) is 5.56 Å². The van der Waals surface area contributed by atoms with Crippen LogP contribution in [0.2, 0.25) is 0 Å². The van der Waals surface area contributed by atoms with E-state index in [-0.39, 0.29) is 24.5 Å². The van der Waals surface area contributed by atoms with Crippen LogP contribution in [0.4, 0.5) is 0 Å². The van der Waals surface area contributed by atoms with Gasteiger partial charge in [0.25, 0.3) is 0 Å². The largest absolute Gasteiger partial charge is 0.459 e. The molecule has 0 amide bonds. The highest BCUT2D eigenvalue weighted by atomic mass is 35.5. The van der Waals surface area contributed by atoms with E-state index in [2.05, 4.69) is 29.2 Å². The Hall–Kier alpha value is -1.88. The topological polar surface area (TPSA) is 38.8 Å². The third-order valence-electron chi connectivity index (χ3n) is 3.88. The fourth-order valence-corrected chi connectivity index (χ4v) is 2.69. The summed E-state index contributed by atoms with van der Waals surface area (Å²) in [4.78, 5) is 14.3. The molecule has 1 atom stereocenters. The molecule has 4 nitrogen and oxygen atoms in total. The smallest absolute Gasteiger partial charge is 0.338 e. The second-order valence-corrected chi connectivity index (χ2v) is 5.68. The molecule has 1 aliphatic rings. The standard InChI is InChI=1S/C19H21NO3.ClH/c21-19(17-9-5-2-6-10-17)23-15-18-14-20(11-12-22-18)13-16-7-3-1-4-8-16;/h1-10,18H,11-15H2;1H/t18-;/m0./s1. The Labute approximate surface area is 148 Å². The molecule has 1 heterocycles. The highest BCUT2D eigenvalue weighted by Crippen LogP contribution is 2.11. The summed E-state index contributed by atoms with van der Waals surface area (Å²) in [5.41, 5.74) is 1.86. The Morgan fingerprint density at radius 1 is 1.08 bits per heavy atom. The molecule has 0 aromatic heterocycles. The molecule has 24 heavy (non-hydrogen) atoms. The van der Waals surface area contributed by atoms with Crippen LogP contribution < -0.4 is 0 Å². The molecule has 0 radical (unpaired) electrons. The fraction of sp³-hybridized carbons (Fsp3) is 0.316. The highest BCUT2D eigenvalue weighted by Gasteiger charge is 2.22. The average molecular weight is 348 g/mol. The van der Waals surface area contributed by atoms with Gasteiger partial charge in [0.2, 0.25) is 0 Å². The first-order valence-corrected chi connectivity index (χ1v) is 7.91. The van der Waals surface area contributed by atoms with Gasteiger partial charge in [0.1, 0.15) is 12.7 Å². The van der Waals surface area contributed by atoms with E-state index >= 15 is 0 Å². The monoisotopic (exact) mass is 347 g/mol. The number of ether oxygens (including phenoxy) is 2. The van der Waals surface area contributed by atoms with Crippen molar-refractivity contribution in [1.82, 2.24) is 4.90 Å². The van der Waals surface area contributed by atoms with Crippen LogP contribution in [0.15, 0.2) is 60.7 Å². The van der Waals surface area contributed by atoms with Crippen molar-refractivity contribution in [3.63, 3.8) is 0 Å². The SMILES string of the molecule is Cl.O=C(OC[C@@H]1CN(Cc2ccccc2)CCO1)c1ccccc1. The molecule has 1 aliphatic heterocycles. The molecule has 3 rings (SSSR count). The number of benzene rings is 2. The Morgan fingerprint density at radius 3 is 2.46 bits per heavy atom. The Morgan fingerprint density at radius 2 is 1.75 bits per heavy atom. The van der Waals surface area contributed by atoms with E-state index in [0.717, 1.165) is 19.6 Å². The molecule has 0 saturated carbocycles. The summed E-state index contributed by atoms with van der Waals surface area (Å²) < 4.78 is 11.1. The Balaban J connectivity index is 0.00000208. The fourth-order valence-electron chi connectivity index (χ4n) is 2.69. The number of morpholine rings is 1. The molecular formula is C19H22ClNO3. The van der Waals surface area contributed by atoms with Gasteiger partial charge in [0.05, 0.1) is 12.2 Å². The highest BCUT2D eigenvalue weighted by molar-refractivity contribution is 5.89. The van der Waals surface area contributed by atoms with Gasteiger partial charge >= 0.3 is 5.97 Å². The number of esters is 1. The van der Waals surface area contributed by atoms with Crippen molar-refractivity contribution in [1.29, 1.82) is 0 Å². The average Bonchev–Trinajstić information content (AvgIpc) is 2.62. The van der Waals surface area contributed by atoms with Gasteiger partial charge in [-0.2, -0.15) is 0 Å². The summed E-state index contributed by atoms with van der Waals surface area (Å²) in [6, 6.07) is 19.4. The lowest BCUT2D eigenvalue weighted by molar-refractivity contribution is -0.0612. The second-order valence-electron chi connectivity index (χ2n) is 5.68. The molecular weight excluding hydrogens is 326 g/mol. The van der Waals surface area contributed by atoms with Crippen molar-refractivity contribution in [3.8, 4) is 0 Å². The zero-order valence-electron chi connectivity index (χ0n) is 13.5. The van der Waals surface area contributed by atoms with E-state index in [1.807, 2.05) is 24.3 Å². The molecule has 0 N–H and O–H groups in total. The number of hydrogen-bond donors (Lipinski definition) is 0. The summed E-state index contributed by atoms with van der Waals surface area (Å²) in [7, 11) is 0. The van der Waals surface area contributed by atoms with Gasteiger partial charge in [0.15, 0.2) is 0 Å². The van der Waals surface area contributed by atoms with Crippen LogP contribution in [0, 0.1) is 0 Å². The van der Waals surface area contributed by atoms with Crippen LogP contribution in [0.1, 0.15) is 15.9 Å². The predicted octanol–water partition coefficient (Wildman–Crippen LogP) is 3.17. The van der Waals surface area contributed by atoms with Gasteiger partial charge in [-0.1, -0.05) is 48.5 Å². The molecule has 0 unspecified atom stereocenters. The van der Waals surface area contributed by atoms with Crippen molar-refractivity contribution in [2.75, 3.05) is 26.3 Å². The molecule has 128 valence electrons.